The molecule has 3 N–H and O–H groups in total. The zero-order chi connectivity index (χ0) is 13.8. The van der Waals surface area contributed by atoms with E-state index in [-0.39, 0.29) is 17.6 Å². The second kappa shape index (κ2) is 6.03. The van der Waals surface area contributed by atoms with Gasteiger partial charge in [-0.25, -0.2) is 9.59 Å². The van der Waals surface area contributed by atoms with E-state index in [0.29, 0.717) is 17.5 Å². The summed E-state index contributed by atoms with van der Waals surface area (Å²) in [7, 11) is 0. The summed E-state index contributed by atoms with van der Waals surface area (Å²) in [6.07, 6.45) is 0.931. The fourth-order valence-electron chi connectivity index (χ4n) is 1.99. The van der Waals surface area contributed by atoms with Crippen molar-refractivity contribution in [3.05, 3.63) is 17.0 Å². The van der Waals surface area contributed by atoms with Crippen LogP contribution in [-0.4, -0.2) is 36.4 Å². The Kier molecular flexibility index (Phi) is 4.39. The zero-order valence-electron chi connectivity index (χ0n) is 10.5. The van der Waals surface area contributed by atoms with E-state index in [2.05, 4.69) is 10.6 Å². The molecule has 1 aromatic heterocycles. The lowest BCUT2D eigenvalue weighted by molar-refractivity contribution is 0.0698. The fourth-order valence-corrected chi connectivity index (χ4v) is 2.76. The number of carbonyl (C=O) groups excluding carboxylic acids is 1. The van der Waals surface area contributed by atoms with Gasteiger partial charge in [0, 0.05) is 18.6 Å². The highest BCUT2D eigenvalue weighted by Gasteiger charge is 2.24. The summed E-state index contributed by atoms with van der Waals surface area (Å²) in [5, 5.41) is 16.3. The molecule has 0 aromatic carbocycles. The van der Waals surface area contributed by atoms with Crippen molar-refractivity contribution in [2.75, 3.05) is 18.5 Å². The van der Waals surface area contributed by atoms with Crippen LogP contribution < -0.4 is 10.6 Å². The van der Waals surface area contributed by atoms with Gasteiger partial charge in [0.05, 0.1) is 12.2 Å². The molecule has 104 valence electrons. The van der Waals surface area contributed by atoms with Crippen molar-refractivity contribution in [2.45, 2.75) is 19.4 Å². The molecule has 2 unspecified atom stereocenters. The monoisotopic (exact) mass is 284 g/mol. The van der Waals surface area contributed by atoms with E-state index in [9.17, 15) is 9.59 Å². The van der Waals surface area contributed by atoms with Crippen LogP contribution in [-0.2, 0) is 4.74 Å². The van der Waals surface area contributed by atoms with Crippen LogP contribution in [0.3, 0.4) is 0 Å². The number of amides is 2. The van der Waals surface area contributed by atoms with E-state index in [4.69, 9.17) is 9.84 Å². The van der Waals surface area contributed by atoms with Crippen LogP contribution >= 0.6 is 11.3 Å². The highest BCUT2D eigenvalue weighted by Crippen LogP contribution is 2.23. The molecule has 1 aliphatic rings. The molecule has 2 rings (SSSR count). The minimum Gasteiger partial charge on any atom is -0.478 e. The number of carboxylic acids is 1. The summed E-state index contributed by atoms with van der Waals surface area (Å²) in [5.74, 6) is -0.734. The first kappa shape index (κ1) is 13.8. The Morgan fingerprint density at radius 3 is 3.00 bits per heavy atom. The normalized spacial score (nSPS) is 19.9. The lowest BCUT2D eigenvalue weighted by Crippen LogP contribution is -2.40. The van der Waals surface area contributed by atoms with Gasteiger partial charge in [0.1, 0.15) is 5.00 Å². The number of carboxylic acid groups (broad SMARTS) is 1. The van der Waals surface area contributed by atoms with Gasteiger partial charge >= 0.3 is 12.0 Å². The predicted octanol–water partition coefficient (Wildman–Crippen LogP) is 1.99. The predicted molar refractivity (Wildman–Crippen MR) is 71.8 cm³/mol. The first-order valence-corrected chi connectivity index (χ1v) is 6.92. The molecule has 0 bridgehead atoms. The van der Waals surface area contributed by atoms with Crippen LogP contribution in [0.2, 0.25) is 0 Å². The van der Waals surface area contributed by atoms with E-state index in [0.717, 1.165) is 13.0 Å². The Bertz CT molecular complexity index is 468. The van der Waals surface area contributed by atoms with Crippen molar-refractivity contribution >= 4 is 28.3 Å². The minimum atomic E-state index is -1.05. The smallest absolute Gasteiger partial charge is 0.338 e. The second-order valence-corrected chi connectivity index (χ2v) is 5.40. The minimum absolute atomic E-state index is 0.00394. The van der Waals surface area contributed by atoms with Gasteiger partial charge in [-0.05, 0) is 24.8 Å². The molecule has 0 radical (unpaired) electrons. The van der Waals surface area contributed by atoms with Crippen molar-refractivity contribution in [3.63, 3.8) is 0 Å². The van der Waals surface area contributed by atoms with E-state index in [1.54, 1.807) is 5.38 Å². The van der Waals surface area contributed by atoms with Gasteiger partial charge in [-0.3, -0.25) is 5.32 Å². The van der Waals surface area contributed by atoms with Crippen LogP contribution in [0.15, 0.2) is 11.4 Å². The molecule has 2 heterocycles. The Balaban J connectivity index is 1.90. The molecule has 1 aliphatic heterocycles. The summed E-state index contributed by atoms with van der Waals surface area (Å²) in [6, 6.07) is 1.08. The summed E-state index contributed by atoms with van der Waals surface area (Å²) >= 11 is 1.19. The van der Waals surface area contributed by atoms with Crippen molar-refractivity contribution in [1.29, 1.82) is 0 Å². The maximum Gasteiger partial charge on any atom is 0.338 e. The zero-order valence-corrected chi connectivity index (χ0v) is 11.3. The van der Waals surface area contributed by atoms with Gasteiger partial charge in [-0.1, -0.05) is 0 Å². The number of anilines is 1. The lowest BCUT2D eigenvalue weighted by atomic mass is 10.0. The number of urea groups is 1. The van der Waals surface area contributed by atoms with Crippen molar-refractivity contribution in [2.24, 2.45) is 5.92 Å². The van der Waals surface area contributed by atoms with Gasteiger partial charge in [-0.2, -0.15) is 0 Å². The fraction of sp³-hybridized carbons (Fsp3) is 0.500. The van der Waals surface area contributed by atoms with E-state index in [1.165, 1.54) is 17.4 Å². The third-order valence-electron chi connectivity index (χ3n) is 3.15. The summed E-state index contributed by atoms with van der Waals surface area (Å²) in [6.45, 7) is 3.30. The number of aromatic carboxylic acids is 1. The highest BCUT2D eigenvalue weighted by molar-refractivity contribution is 7.14. The van der Waals surface area contributed by atoms with E-state index < -0.39 is 5.97 Å². The molecular weight excluding hydrogens is 268 g/mol. The van der Waals surface area contributed by atoms with Crippen LogP contribution in [0.4, 0.5) is 9.80 Å². The SMILES string of the molecule is CC(NC(=O)Nc1sccc1C(=O)O)C1CCOC1. The Labute approximate surface area is 114 Å². The standard InChI is InChI=1S/C12H16N2O4S/c1-7(8-2-4-18-6-8)13-12(17)14-10-9(11(15)16)3-5-19-10/h3,5,7-8H,2,4,6H2,1H3,(H,15,16)(H2,13,14,17). The quantitative estimate of drug-likeness (QED) is 0.789. The third-order valence-corrected chi connectivity index (χ3v) is 3.98. The summed E-state index contributed by atoms with van der Waals surface area (Å²) < 4.78 is 5.27. The number of ether oxygens (including phenoxy) is 1. The second-order valence-electron chi connectivity index (χ2n) is 4.48. The summed E-state index contributed by atoms with van der Waals surface area (Å²) in [4.78, 5) is 22.7. The third kappa shape index (κ3) is 3.45. The van der Waals surface area contributed by atoms with Crippen LogP contribution in [0.1, 0.15) is 23.7 Å². The van der Waals surface area contributed by atoms with Gasteiger partial charge in [0.15, 0.2) is 0 Å². The number of hydrogen-bond acceptors (Lipinski definition) is 4. The first-order valence-electron chi connectivity index (χ1n) is 6.04. The molecule has 1 fully saturated rings. The molecule has 2 atom stereocenters. The molecule has 0 aliphatic carbocycles. The first-order chi connectivity index (χ1) is 9.08. The molecule has 1 aromatic rings. The van der Waals surface area contributed by atoms with Gasteiger partial charge in [0.2, 0.25) is 0 Å². The maximum atomic E-state index is 11.8. The molecule has 6 nitrogen and oxygen atoms in total. The molecule has 0 spiro atoms. The molecule has 0 saturated carbocycles. The van der Waals surface area contributed by atoms with Gasteiger partial charge in [-0.15, -0.1) is 11.3 Å². The lowest BCUT2D eigenvalue weighted by Gasteiger charge is -2.19. The van der Waals surface area contributed by atoms with Gasteiger partial charge in [0.25, 0.3) is 0 Å². The molecule has 2 amide bonds. The number of rotatable bonds is 4. The largest absolute Gasteiger partial charge is 0.478 e. The molecule has 7 heteroatoms. The van der Waals surface area contributed by atoms with E-state index >= 15 is 0 Å². The number of nitrogens with one attached hydrogen (secondary N) is 2. The van der Waals surface area contributed by atoms with Gasteiger partial charge < -0.3 is 15.2 Å². The number of hydrogen-bond donors (Lipinski definition) is 3. The van der Waals surface area contributed by atoms with Crippen LogP contribution in [0.25, 0.3) is 0 Å². The molecule has 19 heavy (non-hydrogen) atoms. The maximum absolute atomic E-state index is 11.8. The van der Waals surface area contributed by atoms with Crippen molar-refractivity contribution < 1.29 is 19.4 Å². The van der Waals surface area contributed by atoms with Crippen LogP contribution in [0, 0.1) is 5.92 Å². The summed E-state index contributed by atoms with van der Waals surface area (Å²) in [5.41, 5.74) is 0.108. The Hall–Kier alpha value is -1.60. The number of carbonyl (C=O) groups is 2. The van der Waals surface area contributed by atoms with Crippen LogP contribution in [0.5, 0.6) is 0 Å². The van der Waals surface area contributed by atoms with Crippen molar-refractivity contribution in [3.8, 4) is 0 Å². The molecular formula is C12H16N2O4S. The average Bonchev–Trinajstić information content (AvgIpc) is 2.98. The highest BCUT2D eigenvalue weighted by atomic mass is 32.1. The molecule has 1 saturated heterocycles. The van der Waals surface area contributed by atoms with E-state index in [1.807, 2.05) is 6.92 Å². The average molecular weight is 284 g/mol. The Morgan fingerprint density at radius 1 is 1.58 bits per heavy atom. The number of thiophene rings is 1. The Morgan fingerprint density at radius 2 is 2.37 bits per heavy atom. The topological polar surface area (TPSA) is 87.7 Å². The van der Waals surface area contributed by atoms with Crippen molar-refractivity contribution in [1.82, 2.24) is 5.32 Å².